The molecule has 1 heterocycles. The number of nitrogens with one attached hydrogen (secondary N) is 2. The lowest BCUT2D eigenvalue weighted by molar-refractivity contribution is 0.507. The summed E-state index contributed by atoms with van der Waals surface area (Å²) in [6.07, 6.45) is 1.78. The van der Waals surface area contributed by atoms with Gasteiger partial charge >= 0.3 is 0 Å². The maximum atomic E-state index is 13.3. The molecule has 0 atom stereocenters. The van der Waals surface area contributed by atoms with Crippen LogP contribution in [0.2, 0.25) is 5.02 Å². The third-order valence-electron chi connectivity index (χ3n) is 4.32. The minimum Gasteiger partial charge on any atom is -0.362 e. The Hall–Kier alpha value is -1.61. The fourth-order valence-electron chi connectivity index (χ4n) is 2.81. The van der Waals surface area contributed by atoms with E-state index in [0.29, 0.717) is 24.1 Å². The van der Waals surface area contributed by atoms with E-state index in [0.717, 1.165) is 16.9 Å². The molecule has 0 fully saturated rings. The summed E-state index contributed by atoms with van der Waals surface area (Å²) in [6, 6.07) is 8.46. The molecule has 8 heteroatoms. The average Bonchev–Trinajstić information content (AvgIpc) is 2.61. The normalized spacial score (nSPS) is 11.6. The smallest absolute Gasteiger partial charge is 0.191 e. The van der Waals surface area contributed by atoms with Crippen molar-refractivity contribution in [1.29, 1.82) is 0 Å². The largest absolute Gasteiger partial charge is 0.362 e. The zero-order chi connectivity index (χ0) is 20.0. The van der Waals surface area contributed by atoms with Gasteiger partial charge in [-0.05, 0) is 23.8 Å². The summed E-state index contributed by atoms with van der Waals surface area (Å²) in [4.78, 5) is 10.7. The Morgan fingerprint density at radius 2 is 1.96 bits per heavy atom. The van der Waals surface area contributed by atoms with Crippen LogP contribution in [-0.2, 0) is 12.0 Å². The minimum atomic E-state index is -0.335. The lowest BCUT2D eigenvalue weighted by Gasteiger charge is -2.28. The highest BCUT2D eigenvalue weighted by Gasteiger charge is 2.24. The van der Waals surface area contributed by atoms with Crippen LogP contribution < -0.4 is 15.5 Å². The van der Waals surface area contributed by atoms with Crippen molar-refractivity contribution >= 4 is 47.4 Å². The number of anilines is 1. The zero-order valence-corrected chi connectivity index (χ0v) is 20.0. The van der Waals surface area contributed by atoms with Gasteiger partial charge in [-0.15, -0.1) is 24.0 Å². The minimum absolute atomic E-state index is 0. The number of guanidine groups is 1. The lowest BCUT2D eigenvalue weighted by atomic mass is 9.84. The van der Waals surface area contributed by atoms with Crippen molar-refractivity contribution in [3.05, 3.63) is 58.5 Å². The Bertz CT molecular complexity index is 811. The molecule has 0 saturated heterocycles. The quantitative estimate of drug-likeness (QED) is 0.341. The second-order valence-electron chi connectivity index (χ2n) is 7.17. The molecule has 2 aromatic rings. The van der Waals surface area contributed by atoms with Crippen molar-refractivity contribution in [3.63, 3.8) is 0 Å². The number of aromatic nitrogens is 1. The van der Waals surface area contributed by atoms with Gasteiger partial charge in [-0.1, -0.05) is 37.6 Å². The van der Waals surface area contributed by atoms with E-state index in [1.165, 1.54) is 12.1 Å². The summed E-state index contributed by atoms with van der Waals surface area (Å²) < 4.78 is 13.3. The fraction of sp³-hybridized carbons (Fsp3) is 0.400. The second-order valence-corrected chi connectivity index (χ2v) is 7.58. The van der Waals surface area contributed by atoms with Crippen LogP contribution in [0.15, 0.2) is 41.5 Å². The van der Waals surface area contributed by atoms with Gasteiger partial charge in [0.2, 0.25) is 0 Å². The van der Waals surface area contributed by atoms with Crippen LogP contribution in [0.25, 0.3) is 0 Å². The molecule has 0 radical (unpaired) electrons. The van der Waals surface area contributed by atoms with E-state index < -0.39 is 0 Å². The number of nitrogens with zero attached hydrogens (tertiary/aromatic N) is 3. The number of halogens is 3. The topological polar surface area (TPSA) is 52.6 Å². The number of hydrogen-bond donors (Lipinski definition) is 2. The van der Waals surface area contributed by atoms with Gasteiger partial charge in [0.25, 0.3) is 0 Å². The molecule has 1 aromatic heterocycles. The predicted octanol–water partition coefficient (Wildman–Crippen LogP) is 4.20. The lowest BCUT2D eigenvalue weighted by Crippen LogP contribution is -2.43. The third-order valence-corrected chi connectivity index (χ3v) is 4.63. The fourth-order valence-corrected chi connectivity index (χ4v) is 3.23. The molecule has 0 bridgehead atoms. The Morgan fingerprint density at radius 1 is 1.25 bits per heavy atom. The number of rotatable bonds is 6. The molecule has 28 heavy (non-hydrogen) atoms. The molecular formula is C20H28ClFIN5. The van der Waals surface area contributed by atoms with Gasteiger partial charge in [-0.3, -0.25) is 4.99 Å². The SMILES string of the molecule is CN=C(NCc1cccnc1N(C)C)NCC(C)(C)c1ccc(F)cc1Cl.I. The highest BCUT2D eigenvalue weighted by atomic mass is 127. The molecule has 5 nitrogen and oxygen atoms in total. The number of hydrogen-bond acceptors (Lipinski definition) is 3. The van der Waals surface area contributed by atoms with Crippen LogP contribution >= 0.6 is 35.6 Å². The highest BCUT2D eigenvalue weighted by molar-refractivity contribution is 14.0. The molecule has 0 aliphatic heterocycles. The van der Waals surface area contributed by atoms with E-state index in [2.05, 4.69) is 34.5 Å². The molecular weight excluding hydrogens is 492 g/mol. The molecule has 0 unspecified atom stereocenters. The molecule has 0 spiro atoms. The summed E-state index contributed by atoms with van der Waals surface area (Å²) in [5.41, 5.74) is 1.66. The Balaban J connectivity index is 0.00000392. The van der Waals surface area contributed by atoms with E-state index in [9.17, 15) is 4.39 Å². The van der Waals surface area contributed by atoms with Gasteiger partial charge in [-0.2, -0.15) is 0 Å². The maximum Gasteiger partial charge on any atom is 0.191 e. The molecule has 154 valence electrons. The first-order valence-electron chi connectivity index (χ1n) is 8.76. The molecule has 0 aliphatic carbocycles. The third kappa shape index (κ3) is 6.48. The first-order chi connectivity index (χ1) is 12.7. The molecule has 1 aromatic carbocycles. The standard InChI is InChI=1S/C20H27ClFN5.HI/c1-20(2,16-9-8-15(22)11-17(16)21)13-26-19(23-3)25-12-14-7-6-10-24-18(14)27(4)5;/h6-11H,12-13H2,1-5H3,(H2,23,25,26);1H. The average molecular weight is 520 g/mol. The molecule has 2 N–H and O–H groups in total. The Labute approximate surface area is 188 Å². The Kier molecular flexibility index (Phi) is 9.43. The van der Waals surface area contributed by atoms with Crippen LogP contribution in [0, 0.1) is 5.82 Å². The van der Waals surface area contributed by atoms with Gasteiger partial charge < -0.3 is 15.5 Å². The van der Waals surface area contributed by atoms with Crippen molar-refractivity contribution in [2.45, 2.75) is 25.8 Å². The van der Waals surface area contributed by atoms with Crippen LogP contribution in [-0.4, -0.2) is 38.6 Å². The van der Waals surface area contributed by atoms with Gasteiger partial charge in [-0.25, -0.2) is 9.37 Å². The van der Waals surface area contributed by atoms with Crippen LogP contribution in [0.4, 0.5) is 10.2 Å². The summed E-state index contributed by atoms with van der Waals surface area (Å²) in [6.45, 7) is 5.29. The van der Waals surface area contributed by atoms with Gasteiger partial charge in [0.15, 0.2) is 5.96 Å². The maximum absolute atomic E-state index is 13.3. The van der Waals surface area contributed by atoms with Crippen molar-refractivity contribution in [2.24, 2.45) is 4.99 Å². The van der Waals surface area contributed by atoms with Crippen LogP contribution in [0.1, 0.15) is 25.0 Å². The van der Waals surface area contributed by atoms with Crippen molar-refractivity contribution < 1.29 is 4.39 Å². The van der Waals surface area contributed by atoms with Crippen LogP contribution in [0.5, 0.6) is 0 Å². The van der Waals surface area contributed by atoms with Crippen molar-refractivity contribution in [3.8, 4) is 0 Å². The summed E-state index contributed by atoms with van der Waals surface area (Å²) in [5.74, 6) is 1.26. The van der Waals surface area contributed by atoms with E-state index in [4.69, 9.17) is 11.6 Å². The zero-order valence-electron chi connectivity index (χ0n) is 16.9. The van der Waals surface area contributed by atoms with Crippen molar-refractivity contribution in [1.82, 2.24) is 15.6 Å². The summed E-state index contributed by atoms with van der Waals surface area (Å²) in [7, 11) is 5.66. The predicted molar refractivity (Wildman–Crippen MR) is 127 cm³/mol. The number of aliphatic imine (C=N–C) groups is 1. The summed E-state index contributed by atoms with van der Waals surface area (Å²) >= 11 is 6.23. The monoisotopic (exact) mass is 519 g/mol. The van der Waals surface area contributed by atoms with E-state index in [1.807, 2.05) is 31.1 Å². The van der Waals surface area contributed by atoms with E-state index in [1.54, 1.807) is 19.3 Å². The molecule has 0 aliphatic rings. The van der Waals surface area contributed by atoms with E-state index >= 15 is 0 Å². The molecule has 2 rings (SSSR count). The second kappa shape index (κ2) is 10.8. The van der Waals surface area contributed by atoms with Crippen LogP contribution in [0.3, 0.4) is 0 Å². The van der Waals surface area contributed by atoms with Gasteiger partial charge in [0.05, 0.1) is 0 Å². The molecule has 0 amide bonds. The van der Waals surface area contributed by atoms with Gasteiger partial charge in [0.1, 0.15) is 11.6 Å². The van der Waals surface area contributed by atoms with E-state index in [-0.39, 0.29) is 35.2 Å². The van der Waals surface area contributed by atoms with Gasteiger partial charge in [0, 0.05) is 56.4 Å². The highest BCUT2D eigenvalue weighted by Crippen LogP contribution is 2.29. The molecule has 0 saturated carbocycles. The first kappa shape index (κ1) is 24.4. The van der Waals surface area contributed by atoms with Crippen molar-refractivity contribution in [2.75, 3.05) is 32.6 Å². The first-order valence-corrected chi connectivity index (χ1v) is 9.13. The summed E-state index contributed by atoms with van der Waals surface area (Å²) in [5, 5.41) is 7.06. The Morgan fingerprint density at radius 3 is 2.57 bits per heavy atom. The number of pyridine rings is 1. The number of benzene rings is 1.